The van der Waals surface area contributed by atoms with E-state index < -0.39 is 0 Å². The van der Waals surface area contributed by atoms with Crippen LogP contribution in [0, 0.1) is 13.8 Å². The van der Waals surface area contributed by atoms with Gasteiger partial charge >= 0.3 is 0 Å². The summed E-state index contributed by atoms with van der Waals surface area (Å²) in [4.78, 5) is 45.6. The summed E-state index contributed by atoms with van der Waals surface area (Å²) in [5, 5.41) is 1.31. The first kappa shape index (κ1) is 18.9. The zero-order valence-electron chi connectivity index (χ0n) is 15.8. The SMILES string of the molecule is CCn1c(SCCN2C(=O)c3ccccc3C2=O)nc2sc(C)c(C)c2c1=O. The van der Waals surface area contributed by atoms with Crippen LogP contribution >= 0.6 is 23.1 Å². The van der Waals surface area contributed by atoms with Crippen molar-refractivity contribution in [3.8, 4) is 0 Å². The molecule has 0 aliphatic carbocycles. The van der Waals surface area contributed by atoms with Gasteiger partial charge in [-0.2, -0.15) is 0 Å². The number of hydrogen-bond donors (Lipinski definition) is 0. The average Bonchev–Trinajstić information content (AvgIpc) is 3.10. The smallest absolute Gasteiger partial charge is 0.263 e. The number of nitrogens with zero attached hydrogens (tertiary/aromatic N) is 3. The molecule has 144 valence electrons. The van der Waals surface area contributed by atoms with E-state index in [1.54, 1.807) is 28.8 Å². The Labute approximate surface area is 170 Å². The molecule has 2 amide bonds. The maximum absolute atomic E-state index is 12.9. The van der Waals surface area contributed by atoms with Crippen LogP contribution in [0.4, 0.5) is 0 Å². The van der Waals surface area contributed by atoms with Gasteiger partial charge in [0.15, 0.2) is 5.16 Å². The van der Waals surface area contributed by atoms with Crippen molar-refractivity contribution in [3.05, 3.63) is 56.2 Å². The number of hydrogen-bond acceptors (Lipinski definition) is 6. The Hall–Kier alpha value is -2.45. The topological polar surface area (TPSA) is 72.3 Å². The molecule has 3 aromatic rings. The van der Waals surface area contributed by atoms with Gasteiger partial charge in [-0.3, -0.25) is 23.9 Å². The van der Waals surface area contributed by atoms with E-state index in [2.05, 4.69) is 4.98 Å². The number of benzene rings is 1. The standard InChI is InChI=1S/C20H19N3O3S2/c1-4-22-19(26)15-11(2)12(3)28-16(15)21-20(22)27-10-9-23-17(24)13-7-5-6-8-14(13)18(23)25/h5-8H,4,9-10H2,1-3H3. The maximum Gasteiger partial charge on any atom is 0.263 e. The van der Waals surface area contributed by atoms with Gasteiger partial charge in [-0.05, 0) is 38.5 Å². The van der Waals surface area contributed by atoms with Crippen LogP contribution in [0.1, 0.15) is 38.1 Å². The van der Waals surface area contributed by atoms with Crippen LogP contribution in [0.3, 0.4) is 0 Å². The number of amides is 2. The fraction of sp³-hybridized carbons (Fsp3) is 0.300. The molecule has 0 saturated carbocycles. The Kier molecular flexibility index (Phi) is 4.84. The van der Waals surface area contributed by atoms with E-state index in [0.717, 1.165) is 15.3 Å². The minimum atomic E-state index is -0.262. The number of carbonyl (C=O) groups excluding carboxylic acids is 2. The van der Waals surface area contributed by atoms with Gasteiger partial charge in [0, 0.05) is 23.7 Å². The molecule has 1 aromatic carbocycles. The number of thioether (sulfide) groups is 1. The summed E-state index contributed by atoms with van der Waals surface area (Å²) < 4.78 is 1.66. The highest BCUT2D eigenvalue weighted by atomic mass is 32.2. The van der Waals surface area contributed by atoms with Crippen molar-refractivity contribution >= 4 is 45.1 Å². The normalized spacial score (nSPS) is 13.6. The first-order chi connectivity index (χ1) is 13.4. The van der Waals surface area contributed by atoms with Gasteiger partial charge in [-0.15, -0.1) is 11.3 Å². The number of aryl methyl sites for hydroxylation is 2. The maximum atomic E-state index is 12.9. The summed E-state index contributed by atoms with van der Waals surface area (Å²) in [6.45, 7) is 6.65. The van der Waals surface area contributed by atoms with Crippen LogP contribution < -0.4 is 5.56 Å². The molecule has 4 rings (SSSR count). The highest BCUT2D eigenvalue weighted by Gasteiger charge is 2.34. The highest BCUT2D eigenvalue weighted by Crippen LogP contribution is 2.29. The third-order valence-electron chi connectivity index (χ3n) is 4.99. The zero-order valence-corrected chi connectivity index (χ0v) is 17.4. The van der Waals surface area contributed by atoms with Crippen molar-refractivity contribution in [1.82, 2.24) is 14.5 Å². The molecule has 0 saturated heterocycles. The summed E-state index contributed by atoms with van der Waals surface area (Å²) >= 11 is 2.92. The summed E-state index contributed by atoms with van der Waals surface area (Å²) in [5.41, 5.74) is 1.86. The second kappa shape index (κ2) is 7.18. The predicted octanol–water partition coefficient (Wildman–Crippen LogP) is 3.48. The van der Waals surface area contributed by atoms with E-state index in [4.69, 9.17) is 0 Å². The van der Waals surface area contributed by atoms with E-state index in [-0.39, 0.29) is 23.9 Å². The monoisotopic (exact) mass is 413 g/mol. The fourth-order valence-corrected chi connectivity index (χ4v) is 5.43. The Morgan fingerprint density at radius 2 is 1.71 bits per heavy atom. The van der Waals surface area contributed by atoms with Gasteiger partial charge < -0.3 is 0 Å². The van der Waals surface area contributed by atoms with E-state index in [1.165, 1.54) is 28.0 Å². The van der Waals surface area contributed by atoms with Crippen molar-refractivity contribution in [2.75, 3.05) is 12.3 Å². The number of thiophene rings is 1. The van der Waals surface area contributed by atoms with Gasteiger partial charge in [-0.25, -0.2) is 4.98 Å². The molecule has 0 N–H and O–H groups in total. The minimum Gasteiger partial charge on any atom is -0.287 e. The second-order valence-electron chi connectivity index (χ2n) is 6.56. The lowest BCUT2D eigenvalue weighted by Crippen LogP contribution is -2.32. The molecule has 8 heteroatoms. The fourth-order valence-electron chi connectivity index (χ4n) is 3.37. The molecule has 0 unspecified atom stereocenters. The van der Waals surface area contributed by atoms with Crippen LogP contribution in [-0.4, -0.2) is 38.6 Å². The van der Waals surface area contributed by atoms with Gasteiger partial charge in [0.2, 0.25) is 0 Å². The average molecular weight is 414 g/mol. The molecule has 1 aliphatic rings. The van der Waals surface area contributed by atoms with E-state index in [0.29, 0.717) is 34.0 Å². The first-order valence-electron chi connectivity index (χ1n) is 9.02. The summed E-state index contributed by atoms with van der Waals surface area (Å²) in [6.07, 6.45) is 0. The van der Waals surface area contributed by atoms with Gasteiger partial charge in [0.1, 0.15) is 4.83 Å². The van der Waals surface area contributed by atoms with Crippen molar-refractivity contribution in [2.24, 2.45) is 0 Å². The predicted molar refractivity (Wildman–Crippen MR) is 112 cm³/mol. The van der Waals surface area contributed by atoms with Crippen molar-refractivity contribution in [3.63, 3.8) is 0 Å². The van der Waals surface area contributed by atoms with E-state index >= 15 is 0 Å². The number of carbonyl (C=O) groups is 2. The Morgan fingerprint density at radius 3 is 2.32 bits per heavy atom. The number of aromatic nitrogens is 2. The molecule has 0 spiro atoms. The van der Waals surface area contributed by atoms with Crippen LogP contribution in [0.15, 0.2) is 34.2 Å². The largest absolute Gasteiger partial charge is 0.287 e. The zero-order chi connectivity index (χ0) is 20.0. The van der Waals surface area contributed by atoms with Crippen LogP contribution in [0.25, 0.3) is 10.2 Å². The van der Waals surface area contributed by atoms with Crippen LogP contribution in [0.2, 0.25) is 0 Å². The van der Waals surface area contributed by atoms with Crippen LogP contribution in [0.5, 0.6) is 0 Å². The van der Waals surface area contributed by atoms with Gasteiger partial charge in [-0.1, -0.05) is 23.9 Å². The molecule has 0 radical (unpaired) electrons. The molecular weight excluding hydrogens is 394 g/mol. The third kappa shape index (κ3) is 2.87. The van der Waals surface area contributed by atoms with Crippen LogP contribution in [-0.2, 0) is 6.54 Å². The molecule has 1 aliphatic heterocycles. The molecule has 2 aromatic heterocycles. The quantitative estimate of drug-likeness (QED) is 0.364. The van der Waals surface area contributed by atoms with Crippen molar-refractivity contribution in [1.29, 1.82) is 0 Å². The summed E-state index contributed by atoms with van der Waals surface area (Å²) in [5.74, 6) is -0.0452. The molecule has 3 heterocycles. The number of imide groups is 1. The highest BCUT2D eigenvalue weighted by molar-refractivity contribution is 7.99. The lowest BCUT2D eigenvalue weighted by molar-refractivity contribution is 0.0664. The second-order valence-corrected chi connectivity index (χ2v) is 8.83. The third-order valence-corrected chi connectivity index (χ3v) is 7.05. The molecule has 0 atom stereocenters. The lowest BCUT2D eigenvalue weighted by atomic mass is 10.1. The Morgan fingerprint density at radius 1 is 1.07 bits per heavy atom. The number of fused-ring (bicyclic) bond motifs is 2. The lowest BCUT2D eigenvalue weighted by Gasteiger charge is -2.14. The Balaban J connectivity index is 1.56. The van der Waals surface area contributed by atoms with E-state index in [9.17, 15) is 14.4 Å². The van der Waals surface area contributed by atoms with Gasteiger partial charge in [0.05, 0.1) is 16.5 Å². The molecular formula is C20H19N3O3S2. The number of rotatable bonds is 5. The van der Waals surface area contributed by atoms with Crippen molar-refractivity contribution < 1.29 is 9.59 Å². The summed E-state index contributed by atoms with van der Waals surface area (Å²) in [6, 6.07) is 6.86. The summed E-state index contributed by atoms with van der Waals surface area (Å²) in [7, 11) is 0. The molecule has 6 nitrogen and oxygen atoms in total. The molecule has 28 heavy (non-hydrogen) atoms. The Bertz CT molecular complexity index is 1140. The van der Waals surface area contributed by atoms with Crippen molar-refractivity contribution in [2.45, 2.75) is 32.5 Å². The molecule has 0 bridgehead atoms. The first-order valence-corrected chi connectivity index (χ1v) is 10.8. The van der Waals surface area contributed by atoms with E-state index in [1.807, 2.05) is 20.8 Å². The van der Waals surface area contributed by atoms with Gasteiger partial charge in [0.25, 0.3) is 17.4 Å². The molecule has 0 fully saturated rings. The minimum absolute atomic E-state index is 0.0300.